The van der Waals surface area contributed by atoms with E-state index in [0.29, 0.717) is 12.2 Å². The Bertz CT molecular complexity index is 348. The van der Waals surface area contributed by atoms with Crippen LogP contribution in [0, 0.1) is 0 Å². The highest BCUT2D eigenvalue weighted by Crippen LogP contribution is 2.17. The van der Waals surface area contributed by atoms with E-state index in [-0.39, 0.29) is 12.2 Å². The van der Waals surface area contributed by atoms with E-state index in [2.05, 4.69) is 0 Å². The van der Waals surface area contributed by atoms with Crippen molar-refractivity contribution in [2.75, 3.05) is 0 Å². The molecule has 1 unspecified atom stereocenters. The number of esters is 1. The number of hydrogen-bond acceptors (Lipinski definition) is 3. The highest BCUT2D eigenvalue weighted by Gasteiger charge is 2.13. The number of carbonyl (C=O) groups is 1. The molecular weight excluding hydrogens is 223 g/mol. The first-order chi connectivity index (χ1) is 8.11. The van der Waals surface area contributed by atoms with Gasteiger partial charge in [-0.05, 0) is 30.7 Å². The molecule has 0 amide bonds. The zero-order chi connectivity index (χ0) is 12.7. The van der Waals surface area contributed by atoms with Crippen LogP contribution in [0.3, 0.4) is 0 Å². The quantitative estimate of drug-likeness (QED) is 0.613. The molecule has 3 nitrogen and oxygen atoms in total. The summed E-state index contributed by atoms with van der Waals surface area (Å²) in [6.45, 7) is 1.97. The summed E-state index contributed by atoms with van der Waals surface area (Å²) >= 11 is 0. The summed E-state index contributed by atoms with van der Waals surface area (Å²) in [6, 6.07) is 5.75. The van der Waals surface area contributed by atoms with Crippen molar-refractivity contribution in [1.29, 1.82) is 0 Å². The second-order valence-electron chi connectivity index (χ2n) is 3.91. The smallest absolute Gasteiger partial charge is 0.314 e. The molecule has 94 valence electrons. The highest BCUT2D eigenvalue weighted by molar-refractivity contribution is 5.72. The minimum Gasteiger partial charge on any atom is -0.508 e. The third-order valence-electron chi connectivity index (χ3n) is 2.33. The van der Waals surface area contributed by atoms with Gasteiger partial charge in [-0.2, -0.15) is 0 Å². The van der Waals surface area contributed by atoms with E-state index in [9.17, 15) is 9.18 Å². The first-order valence-electron chi connectivity index (χ1n) is 5.75. The van der Waals surface area contributed by atoms with Gasteiger partial charge in [-0.25, -0.2) is 4.39 Å². The first kappa shape index (κ1) is 13.5. The number of phenolic OH excluding ortho intramolecular Hbond substituents is 1. The maximum absolute atomic E-state index is 13.3. The predicted molar refractivity (Wildman–Crippen MR) is 62.8 cm³/mol. The van der Waals surface area contributed by atoms with Crippen LogP contribution < -0.4 is 4.74 Å². The molecule has 0 saturated carbocycles. The third kappa shape index (κ3) is 5.33. The van der Waals surface area contributed by atoms with Crippen molar-refractivity contribution in [1.82, 2.24) is 0 Å². The van der Waals surface area contributed by atoms with Crippen molar-refractivity contribution in [2.45, 2.75) is 38.8 Å². The number of unbranched alkanes of at least 4 members (excludes halogenated alkanes) is 1. The molecule has 0 bridgehead atoms. The predicted octanol–water partition coefficient (Wildman–Crippen LogP) is 3.22. The van der Waals surface area contributed by atoms with Crippen LogP contribution in [-0.2, 0) is 4.79 Å². The lowest BCUT2D eigenvalue weighted by atomic mass is 10.1. The van der Waals surface area contributed by atoms with Gasteiger partial charge in [0.1, 0.15) is 17.7 Å². The van der Waals surface area contributed by atoms with E-state index in [0.717, 1.165) is 12.8 Å². The Labute approximate surface area is 100 Å². The number of hydrogen-bond donors (Lipinski definition) is 1. The summed E-state index contributed by atoms with van der Waals surface area (Å²) < 4.78 is 18.2. The topological polar surface area (TPSA) is 46.5 Å². The monoisotopic (exact) mass is 240 g/mol. The van der Waals surface area contributed by atoms with Gasteiger partial charge in [0, 0.05) is 0 Å². The fourth-order valence-electron chi connectivity index (χ4n) is 1.40. The molecule has 0 aromatic heterocycles. The average Bonchev–Trinajstić information content (AvgIpc) is 2.29. The van der Waals surface area contributed by atoms with Gasteiger partial charge < -0.3 is 9.84 Å². The van der Waals surface area contributed by atoms with Gasteiger partial charge in [0.05, 0.1) is 6.42 Å². The van der Waals surface area contributed by atoms with E-state index in [1.54, 1.807) is 0 Å². The van der Waals surface area contributed by atoms with E-state index in [4.69, 9.17) is 9.84 Å². The minimum atomic E-state index is -1.14. The number of phenols is 1. The number of ether oxygens (including phenoxy) is 1. The van der Waals surface area contributed by atoms with Crippen molar-refractivity contribution in [3.8, 4) is 11.5 Å². The summed E-state index contributed by atoms with van der Waals surface area (Å²) in [5, 5.41) is 9.03. The molecule has 1 aromatic carbocycles. The standard InChI is InChI=1S/C13H17FO3/c1-2-3-4-10(14)9-13(16)17-12-7-5-11(15)6-8-12/h5-8,10,15H,2-4,9H2,1H3. The Morgan fingerprint density at radius 1 is 1.41 bits per heavy atom. The molecule has 1 aromatic rings. The van der Waals surface area contributed by atoms with E-state index in [1.165, 1.54) is 24.3 Å². The molecule has 0 radical (unpaired) electrons. The molecule has 0 spiro atoms. The van der Waals surface area contributed by atoms with Crippen LogP contribution in [0.4, 0.5) is 4.39 Å². The minimum absolute atomic E-state index is 0.0936. The molecule has 1 N–H and O–H groups in total. The normalized spacial score (nSPS) is 12.1. The molecule has 0 aliphatic rings. The van der Waals surface area contributed by atoms with Crippen LogP contribution in [0.25, 0.3) is 0 Å². The molecule has 0 saturated heterocycles. The van der Waals surface area contributed by atoms with E-state index >= 15 is 0 Å². The number of carbonyl (C=O) groups excluding carboxylic acids is 1. The summed E-state index contributed by atoms with van der Waals surface area (Å²) in [4.78, 5) is 11.3. The van der Waals surface area contributed by atoms with Gasteiger partial charge in [0.2, 0.25) is 0 Å². The van der Waals surface area contributed by atoms with Crippen LogP contribution in [0.15, 0.2) is 24.3 Å². The first-order valence-corrected chi connectivity index (χ1v) is 5.75. The lowest BCUT2D eigenvalue weighted by Crippen LogP contribution is -2.14. The van der Waals surface area contributed by atoms with Crippen LogP contribution in [0.1, 0.15) is 32.6 Å². The Kier molecular flexibility index (Phi) is 5.46. The molecule has 1 atom stereocenters. The Morgan fingerprint density at radius 3 is 2.65 bits per heavy atom. The van der Waals surface area contributed by atoms with Gasteiger partial charge in [-0.1, -0.05) is 19.8 Å². The van der Waals surface area contributed by atoms with E-state index in [1.807, 2.05) is 6.92 Å². The Hall–Kier alpha value is -1.58. The van der Waals surface area contributed by atoms with Crippen molar-refractivity contribution >= 4 is 5.97 Å². The molecule has 1 rings (SSSR count). The SMILES string of the molecule is CCCCC(F)CC(=O)Oc1ccc(O)cc1. The van der Waals surface area contributed by atoms with Gasteiger partial charge >= 0.3 is 5.97 Å². The number of rotatable bonds is 6. The second-order valence-corrected chi connectivity index (χ2v) is 3.91. The maximum Gasteiger partial charge on any atom is 0.314 e. The highest BCUT2D eigenvalue weighted by atomic mass is 19.1. The second kappa shape index (κ2) is 6.89. The van der Waals surface area contributed by atoms with Gasteiger partial charge in [-0.15, -0.1) is 0 Å². The summed E-state index contributed by atoms with van der Waals surface area (Å²) in [7, 11) is 0. The molecular formula is C13H17FO3. The summed E-state index contributed by atoms with van der Waals surface area (Å²) in [5.74, 6) is -0.175. The largest absolute Gasteiger partial charge is 0.508 e. The van der Waals surface area contributed by atoms with Crippen molar-refractivity contribution in [3.63, 3.8) is 0 Å². The lowest BCUT2D eigenvalue weighted by Gasteiger charge is -2.07. The number of halogens is 1. The van der Waals surface area contributed by atoms with Gasteiger partial charge in [-0.3, -0.25) is 4.79 Å². The lowest BCUT2D eigenvalue weighted by molar-refractivity contribution is -0.135. The number of benzene rings is 1. The number of aromatic hydroxyl groups is 1. The molecule has 17 heavy (non-hydrogen) atoms. The fourth-order valence-corrected chi connectivity index (χ4v) is 1.40. The molecule has 0 fully saturated rings. The van der Waals surface area contributed by atoms with Crippen LogP contribution in [0.2, 0.25) is 0 Å². The number of alkyl halides is 1. The average molecular weight is 240 g/mol. The van der Waals surface area contributed by atoms with Crippen molar-refractivity contribution in [3.05, 3.63) is 24.3 Å². The van der Waals surface area contributed by atoms with Gasteiger partial charge in [0.25, 0.3) is 0 Å². The fraction of sp³-hybridized carbons (Fsp3) is 0.462. The van der Waals surface area contributed by atoms with E-state index < -0.39 is 12.1 Å². The van der Waals surface area contributed by atoms with Crippen molar-refractivity contribution in [2.24, 2.45) is 0 Å². The summed E-state index contributed by atoms with van der Waals surface area (Å²) in [6.07, 6.45) is 0.711. The van der Waals surface area contributed by atoms with Crippen LogP contribution in [0.5, 0.6) is 11.5 Å². The maximum atomic E-state index is 13.3. The Balaban J connectivity index is 2.36. The van der Waals surface area contributed by atoms with Gasteiger partial charge in [0.15, 0.2) is 0 Å². The molecule has 0 heterocycles. The summed E-state index contributed by atoms with van der Waals surface area (Å²) in [5.41, 5.74) is 0. The Morgan fingerprint density at radius 2 is 2.06 bits per heavy atom. The van der Waals surface area contributed by atoms with Crippen LogP contribution in [-0.4, -0.2) is 17.2 Å². The molecule has 0 aliphatic carbocycles. The van der Waals surface area contributed by atoms with Crippen molar-refractivity contribution < 1.29 is 19.0 Å². The zero-order valence-electron chi connectivity index (χ0n) is 9.86. The third-order valence-corrected chi connectivity index (χ3v) is 2.33. The molecule has 4 heteroatoms. The molecule has 0 aliphatic heterocycles. The van der Waals surface area contributed by atoms with Crippen LogP contribution >= 0.6 is 0 Å². The zero-order valence-corrected chi connectivity index (χ0v) is 9.86.